The SMILES string of the molecule is Fc1ccc(-n2c3ccccc3c3cc(-c4ccc5c(c4)c4ccccc4n5-c4ccc(C5N=C(c6ccccc6)c6ccccc6N5)cc4)ccc32)cc1. The molecule has 1 N–H and O–H groups in total. The fourth-order valence-electron chi connectivity index (χ4n) is 8.43. The summed E-state index contributed by atoms with van der Waals surface area (Å²) in [4.78, 5) is 5.23. The highest BCUT2D eigenvalue weighted by molar-refractivity contribution is 6.17. The second kappa shape index (κ2) is 12.4. The second-order valence-electron chi connectivity index (χ2n) is 14.2. The Kier molecular flexibility index (Phi) is 7.07. The first kappa shape index (κ1) is 31.3. The van der Waals surface area contributed by atoms with Crippen LogP contribution in [0.3, 0.4) is 0 Å². The maximum Gasteiger partial charge on any atom is 0.145 e. The Morgan fingerprint density at radius 3 is 1.56 bits per heavy atom. The summed E-state index contributed by atoms with van der Waals surface area (Å²) in [5, 5.41) is 8.41. The molecular weight excluding hydrogens is 676 g/mol. The predicted molar refractivity (Wildman–Crippen MR) is 225 cm³/mol. The minimum absolute atomic E-state index is 0.207. The van der Waals surface area contributed by atoms with Gasteiger partial charge in [-0.2, -0.15) is 0 Å². The quantitative estimate of drug-likeness (QED) is 0.190. The van der Waals surface area contributed by atoms with E-state index in [4.69, 9.17) is 4.99 Å². The lowest BCUT2D eigenvalue weighted by Gasteiger charge is -2.26. The van der Waals surface area contributed by atoms with E-state index >= 15 is 0 Å². The largest absolute Gasteiger partial charge is 0.360 e. The topological polar surface area (TPSA) is 34.2 Å². The van der Waals surface area contributed by atoms with Gasteiger partial charge < -0.3 is 14.5 Å². The van der Waals surface area contributed by atoms with E-state index in [-0.39, 0.29) is 12.0 Å². The standard InChI is InChI=1S/C50H33FN4/c51-36-22-26-38(27-23-36)55-46-17-9-6-13-40(46)43-31-35(21-29-48(43)55)34-20-28-47-42(30-34)39-12-5-8-16-45(39)54(47)37-24-18-33(19-25-37)50-52-44-15-7-4-14-41(44)49(53-50)32-10-2-1-3-11-32/h1-31,50,52H. The maximum absolute atomic E-state index is 13.9. The number of nitrogens with one attached hydrogen (secondary N) is 1. The van der Waals surface area contributed by atoms with Gasteiger partial charge in [0.2, 0.25) is 0 Å². The molecule has 0 radical (unpaired) electrons. The van der Waals surface area contributed by atoms with Gasteiger partial charge in [-0.15, -0.1) is 0 Å². The molecule has 3 heterocycles. The lowest BCUT2D eigenvalue weighted by atomic mass is 9.97. The number of rotatable bonds is 5. The Labute approximate surface area is 317 Å². The molecule has 2 aromatic heterocycles. The summed E-state index contributed by atoms with van der Waals surface area (Å²) in [6.45, 7) is 0. The second-order valence-corrected chi connectivity index (χ2v) is 14.2. The smallest absolute Gasteiger partial charge is 0.145 e. The summed E-state index contributed by atoms with van der Waals surface area (Å²) in [6.07, 6.45) is -0.207. The molecule has 0 aliphatic carbocycles. The van der Waals surface area contributed by atoms with E-state index in [1.165, 1.54) is 28.3 Å². The van der Waals surface area contributed by atoms with E-state index in [9.17, 15) is 4.39 Å². The molecule has 4 nitrogen and oxygen atoms in total. The molecule has 0 spiro atoms. The van der Waals surface area contributed by atoms with E-state index in [2.05, 4.69) is 172 Å². The Morgan fingerprint density at radius 2 is 0.945 bits per heavy atom. The van der Waals surface area contributed by atoms with Gasteiger partial charge in [0, 0.05) is 49.7 Å². The van der Waals surface area contributed by atoms with Crippen LogP contribution in [0.25, 0.3) is 66.1 Å². The molecule has 55 heavy (non-hydrogen) atoms. The van der Waals surface area contributed by atoms with Gasteiger partial charge in [-0.05, 0) is 95.6 Å². The minimum Gasteiger partial charge on any atom is -0.360 e. The summed E-state index contributed by atoms with van der Waals surface area (Å²) in [5.74, 6) is -0.240. The summed E-state index contributed by atoms with van der Waals surface area (Å²) in [7, 11) is 0. The number of hydrogen-bond donors (Lipinski definition) is 1. The predicted octanol–water partition coefficient (Wildman–Crippen LogP) is 12.6. The number of aromatic nitrogens is 2. The number of aliphatic imine (C=N–C) groups is 1. The monoisotopic (exact) mass is 708 g/mol. The van der Waals surface area contributed by atoms with Gasteiger partial charge in [0.25, 0.3) is 0 Å². The number of para-hydroxylation sites is 3. The van der Waals surface area contributed by atoms with Crippen LogP contribution in [0.5, 0.6) is 0 Å². The normalized spacial score (nSPS) is 14.0. The zero-order valence-corrected chi connectivity index (χ0v) is 29.7. The Balaban J connectivity index is 0.991. The Hall–Kier alpha value is -7.24. The van der Waals surface area contributed by atoms with Crippen LogP contribution < -0.4 is 5.32 Å². The zero-order valence-electron chi connectivity index (χ0n) is 29.7. The zero-order chi connectivity index (χ0) is 36.5. The van der Waals surface area contributed by atoms with Crippen LogP contribution in [0.1, 0.15) is 22.9 Å². The number of nitrogens with zero attached hydrogens (tertiary/aromatic N) is 3. The van der Waals surface area contributed by atoms with Crippen molar-refractivity contribution < 1.29 is 4.39 Å². The van der Waals surface area contributed by atoms with Crippen LogP contribution in [0, 0.1) is 5.82 Å². The van der Waals surface area contributed by atoms with E-state index in [0.717, 1.165) is 78.0 Å². The molecular formula is C50H33FN4. The lowest BCUT2D eigenvalue weighted by molar-refractivity contribution is 0.627. The minimum atomic E-state index is -0.240. The van der Waals surface area contributed by atoms with Crippen LogP contribution in [0.4, 0.5) is 10.1 Å². The first-order chi connectivity index (χ1) is 27.2. The molecule has 11 rings (SSSR count). The molecule has 1 atom stereocenters. The van der Waals surface area contributed by atoms with Gasteiger partial charge >= 0.3 is 0 Å². The van der Waals surface area contributed by atoms with E-state index in [0.29, 0.717) is 0 Å². The lowest BCUT2D eigenvalue weighted by Crippen LogP contribution is -2.20. The van der Waals surface area contributed by atoms with Crippen molar-refractivity contribution in [1.29, 1.82) is 0 Å². The van der Waals surface area contributed by atoms with Crippen molar-refractivity contribution in [2.75, 3.05) is 5.32 Å². The van der Waals surface area contributed by atoms with Crippen LogP contribution in [-0.4, -0.2) is 14.8 Å². The van der Waals surface area contributed by atoms with Gasteiger partial charge in [-0.1, -0.05) is 109 Å². The van der Waals surface area contributed by atoms with Crippen molar-refractivity contribution in [3.63, 3.8) is 0 Å². The number of fused-ring (bicyclic) bond motifs is 7. The van der Waals surface area contributed by atoms with E-state index < -0.39 is 0 Å². The Bertz CT molecular complexity index is 3120. The first-order valence-electron chi connectivity index (χ1n) is 18.6. The number of hydrogen-bond acceptors (Lipinski definition) is 2. The van der Waals surface area contributed by atoms with Crippen LogP contribution in [-0.2, 0) is 0 Å². The van der Waals surface area contributed by atoms with Gasteiger partial charge in [-0.25, -0.2) is 4.39 Å². The van der Waals surface area contributed by atoms with Crippen LogP contribution >= 0.6 is 0 Å². The summed E-state index contributed by atoms with van der Waals surface area (Å²) >= 11 is 0. The Morgan fingerprint density at radius 1 is 0.436 bits per heavy atom. The molecule has 0 amide bonds. The first-order valence-corrected chi connectivity index (χ1v) is 18.6. The van der Waals surface area contributed by atoms with Gasteiger partial charge in [-0.3, -0.25) is 4.99 Å². The highest BCUT2D eigenvalue weighted by atomic mass is 19.1. The maximum atomic E-state index is 13.9. The third-order valence-corrected chi connectivity index (χ3v) is 11.0. The number of benzene rings is 8. The molecule has 5 heteroatoms. The van der Waals surface area contributed by atoms with Gasteiger partial charge in [0.1, 0.15) is 12.0 Å². The average molecular weight is 709 g/mol. The van der Waals surface area contributed by atoms with Gasteiger partial charge in [0.05, 0.1) is 27.8 Å². The highest BCUT2D eigenvalue weighted by Gasteiger charge is 2.23. The highest BCUT2D eigenvalue weighted by Crippen LogP contribution is 2.39. The van der Waals surface area contributed by atoms with Crippen molar-refractivity contribution in [1.82, 2.24) is 9.13 Å². The molecule has 0 saturated heterocycles. The summed E-state index contributed by atoms with van der Waals surface area (Å²) in [5.41, 5.74) is 14.3. The molecule has 0 saturated carbocycles. The molecule has 1 unspecified atom stereocenters. The molecule has 0 bridgehead atoms. The van der Waals surface area contributed by atoms with Crippen molar-refractivity contribution >= 4 is 55.0 Å². The molecule has 8 aromatic carbocycles. The fraction of sp³-hybridized carbons (Fsp3) is 0.0200. The number of halogens is 1. The third-order valence-electron chi connectivity index (χ3n) is 11.0. The average Bonchev–Trinajstić information content (AvgIpc) is 3.76. The molecule has 1 aliphatic heterocycles. The van der Waals surface area contributed by atoms with Gasteiger partial charge in [0.15, 0.2) is 0 Å². The fourth-order valence-corrected chi connectivity index (χ4v) is 8.43. The van der Waals surface area contributed by atoms with Crippen molar-refractivity contribution in [3.05, 3.63) is 211 Å². The van der Waals surface area contributed by atoms with Crippen molar-refractivity contribution in [2.45, 2.75) is 6.17 Å². The van der Waals surface area contributed by atoms with E-state index in [1.807, 2.05) is 18.2 Å². The molecule has 1 aliphatic rings. The molecule has 0 fully saturated rings. The summed E-state index contributed by atoms with van der Waals surface area (Å²) < 4.78 is 18.5. The summed E-state index contributed by atoms with van der Waals surface area (Å²) in [6, 6.07) is 64.9. The third kappa shape index (κ3) is 5.08. The van der Waals surface area contributed by atoms with Crippen molar-refractivity contribution in [2.24, 2.45) is 4.99 Å². The molecule has 10 aromatic rings. The van der Waals surface area contributed by atoms with Crippen LogP contribution in [0.15, 0.2) is 193 Å². The van der Waals surface area contributed by atoms with E-state index in [1.54, 1.807) is 0 Å². The number of anilines is 1. The molecule has 260 valence electrons. The van der Waals surface area contributed by atoms with Crippen molar-refractivity contribution in [3.8, 4) is 22.5 Å². The van der Waals surface area contributed by atoms with Crippen LogP contribution in [0.2, 0.25) is 0 Å².